The Morgan fingerprint density at radius 1 is 1.15 bits per heavy atom. The lowest BCUT2D eigenvalue weighted by Crippen LogP contribution is -2.54. The van der Waals surface area contributed by atoms with Crippen molar-refractivity contribution in [1.82, 2.24) is 25.5 Å². The maximum absolute atomic E-state index is 14.2. The summed E-state index contributed by atoms with van der Waals surface area (Å²) in [6.07, 6.45) is -0.826. The van der Waals surface area contributed by atoms with Crippen LogP contribution in [-0.2, 0) is 23.8 Å². The molecule has 6 N–H and O–H groups in total. The zero-order valence-corrected chi connectivity index (χ0v) is 27.7. The van der Waals surface area contributed by atoms with Gasteiger partial charge in [-0.1, -0.05) is 30.3 Å². The smallest absolute Gasteiger partial charge is 0.417 e. The highest BCUT2D eigenvalue weighted by molar-refractivity contribution is 8.00. The fourth-order valence-corrected chi connectivity index (χ4v) is 5.51. The molecule has 250 valence electrons. The van der Waals surface area contributed by atoms with Crippen LogP contribution in [0.15, 0.2) is 30.3 Å². The standard InChI is InChI=1S/C30H41N7O8S/c1-8-43-27(40)19-15(2)23(31)36-25(35-19)20(33-14-18(24(32)38)34-28(41)45-30(4,5)6)22(46-7)26(39)37-16(3)21(44-29(37)42)17-12-10-9-11-13-17/h9-13,16,18,20-22,33H,8,14H2,1-7H3,(H2,32,38)(H,34,41)(H2,31,35,36)/t16-,18-,20+,21-,22-/m0/s1. The van der Waals surface area contributed by atoms with Gasteiger partial charge in [-0.2, -0.15) is 0 Å². The Hall–Kier alpha value is -4.44. The summed E-state index contributed by atoms with van der Waals surface area (Å²) in [5, 5.41) is 4.32. The van der Waals surface area contributed by atoms with Crippen molar-refractivity contribution in [3.63, 3.8) is 0 Å². The largest absolute Gasteiger partial charge is 0.461 e. The number of thioether (sulfide) groups is 1. The van der Waals surface area contributed by atoms with Crippen molar-refractivity contribution < 1.29 is 38.2 Å². The summed E-state index contributed by atoms with van der Waals surface area (Å²) < 4.78 is 16.0. The molecule has 0 spiro atoms. The summed E-state index contributed by atoms with van der Waals surface area (Å²) in [5.41, 5.74) is 11.8. The third-order valence-corrected chi connectivity index (χ3v) is 7.94. The van der Waals surface area contributed by atoms with Crippen molar-refractivity contribution in [2.75, 3.05) is 25.1 Å². The minimum Gasteiger partial charge on any atom is -0.461 e. The second-order valence-electron chi connectivity index (χ2n) is 11.5. The van der Waals surface area contributed by atoms with Crippen molar-refractivity contribution in [2.24, 2.45) is 5.73 Å². The van der Waals surface area contributed by atoms with Gasteiger partial charge in [-0.05, 0) is 53.4 Å². The molecule has 2 aromatic rings. The molecule has 0 aliphatic carbocycles. The Labute approximate surface area is 271 Å². The first-order valence-corrected chi connectivity index (χ1v) is 15.8. The van der Waals surface area contributed by atoms with Crippen LogP contribution in [0, 0.1) is 6.92 Å². The number of rotatable bonds is 12. The second kappa shape index (κ2) is 15.2. The lowest BCUT2D eigenvalue weighted by Gasteiger charge is -2.30. The number of esters is 1. The van der Waals surface area contributed by atoms with E-state index in [9.17, 15) is 24.0 Å². The number of hydrogen-bond donors (Lipinski definition) is 4. The maximum Gasteiger partial charge on any atom is 0.417 e. The monoisotopic (exact) mass is 659 g/mol. The molecule has 4 amide bonds. The number of carbonyl (C=O) groups excluding carboxylic acids is 5. The molecular weight excluding hydrogens is 618 g/mol. The topological polar surface area (TPSA) is 218 Å². The molecule has 1 aromatic carbocycles. The van der Waals surface area contributed by atoms with Crippen molar-refractivity contribution >= 4 is 47.5 Å². The lowest BCUT2D eigenvalue weighted by molar-refractivity contribution is -0.129. The Kier molecular flexibility index (Phi) is 11.9. The number of cyclic esters (lactones) is 1. The Morgan fingerprint density at radius 3 is 2.37 bits per heavy atom. The molecule has 3 rings (SSSR count). The summed E-state index contributed by atoms with van der Waals surface area (Å²) in [7, 11) is 0. The zero-order valence-electron chi connectivity index (χ0n) is 26.9. The molecule has 15 nitrogen and oxygen atoms in total. The predicted octanol–water partition coefficient (Wildman–Crippen LogP) is 2.39. The average molecular weight is 660 g/mol. The number of nitrogens with two attached hydrogens (primary N) is 2. The number of aromatic nitrogens is 2. The third-order valence-electron chi connectivity index (χ3n) is 6.96. The molecule has 2 heterocycles. The molecule has 16 heteroatoms. The van der Waals surface area contributed by atoms with Gasteiger partial charge in [-0.25, -0.2) is 29.3 Å². The van der Waals surface area contributed by atoms with Crippen LogP contribution in [0.1, 0.15) is 74.2 Å². The Bertz CT molecular complexity index is 1450. The highest BCUT2D eigenvalue weighted by Crippen LogP contribution is 2.36. The first-order chi connectivity index (χ1) is 21.6. The van der Waals surface area contributed by atoms with Crippen LogP contribution in [0.3, 0.4) is 0 Å². The minimum absolute atomic E-state index is 0.0522. The van der Waals surface area contributed by atoms with Gasteiger partial charge in [0.1, 0.15) is 34.6 Å². The van der Waals surface area contributed by atoms with Crippen LogP contribution < -0.4 is 22.1 Å². The minimum atomic E-state index is -1.31. The van der Waals surface area contributed by atoms with Crippen LogP contribution in [0.4, 0.5) is 15.4 Å². The third kappa shape index (κ3) is 8.63. The lowest BCUT2D eigenvalue weighted by atomic mass is 10.0. The summed E-state index contributed by atoms with van der Waals surface area (Å²) in [5.74, 6) is -2.46. The fraction of sp³-hybridized carbons (Fsp3) is 0.500. The van der Waals surface area contributed by atoms with E-state index in [4.69, 9.17) is 25.7 Å². The number of benzene rings is 1. The van der Waals surface area contributed by atoms with Gasteiger partial charge >= 0.3 is 18.2 Å². The predicted molar refractivity (Wildman–Crippen MR) is 170 cm³/mol. The number of carbonyl (C=O) groups is 5. The molecule has 0 unspecified atom stereocenters. The van der Waals surface area contributed by atoms with Gasteiger partial charge in [-0.3, -0.25) is 9.59 Å². The molecule has 1 aliphatic rings. The molecule has 0 saturated carbocycles. The van der Waals surface area contributed by atoms with E-state index in [0.29, 0.717) is 5.56 Å². The summed E-state index contributed by atoms with van der Waals surface area (Å²) in [6, 6.07) is 5.84. The van der Waals surface area contributed by atoms with Crippen LogP contribution in [0.5, 0.6) is 0 Å². The van der Waals surface area contributed by atoms with Gasteiger partial charge < -0.3 is 36.3 Å². The molecule has 46 heavy (non-hydrogen) atoms. The van der Waals surface area contributed by atoms with E-state index in [1.54, 1.807) is 72.1 Å². The average Bonchev–Trinajstić information content (AvgIpc) is 3.28. The van der Waals surface area contributed by atoms with Gasteiger partial charge in [0.15, 0.2) is 5.69 Å². The van der Waals surface area contributed by atoms with Crippen molar-refractivity contribution in [3.05, 3.63) is 53.0 Å². The van der Waals surface area contributed by atoms with Gasteiger partial charge in [0, 0.05) is 12.1 Å². The quantitative estimate of drug-likeness (QED) is 0.190. The first-order valence-electron chi connectivity index (χ1n) is 14.5. The van der Waals surface area contributed by atoms with E-state index in [0.717, 1.165) is 16.7 Å². The highest BCUT2D eigenvalue weighted by atomic mass is 32.2. The SMILES string of the molecule is CCOC(=O)c1nc([C@H](NC[C@H](NC(=O)OC(C)(C)C)C(N)=O)[C@H](SC)C(=O)N2C(=O)O[C@H](c3ccccc3)[C@@H]2C)nc(N)c1C. The summed E-state index contributed by atoms with van der Waals surface area (Å²) in [6.45, 7) is 9.58. The number of nitrogens with one attached hydrogen (secondary N) is 2. The fourth-order valence-electron chi connectivity index (χ4n) is 4.70. The number of hydrogen-bond acceptors (Lipinski definition) is 13. The van der Waals surface area contributed by atoms with Crippen molar-refractivity contribution in [2.45, 2.75) is 76.6 Å². The zero-order chi connectivity index (χ0) is 34.3. The molecule has 1 fully saturated rings. The number of imide groups is 1. The maximum atomic E-state index is 14.2. The van der Waals surface area contributed by atoms with Gasteiger partial charge in [0.25, 0.3) is 0 Å². The van der Waals surface area contributed by atoms with Gasteiger partial charge in [-0.15, -0.1) is 11.8 Å². The Balaban J connectivity index is 2.03. The molecule has 1 aliphatic heterocycles. The number of amides is 4. The van der Waals surface area contributed by atoms with Gasteiger partial charge in [0.05, 0.1) is 18.7 Å². The van der Waals surface area contributed by atoms with E-state index in [2.05, 4.69) is 20.6 Å². The number of alkyl carbamates (subject to hydrolysis) is 1. The highest BCUT2D eigenvalue weighted by Gasteiger charge is 2.47. The first kappa shape index (κ1) is 36.0. The van der Waals surface area contributed by atoms with E-state index in [-0.39, 0.29) is 36.1 Å². The van der Waals surface area contributed by atoms with E-state index >= 15 is 0 Å². The van der Waals surface area contributed by atoms with E-state index < -0.39 is 65.1 Å². The Morgan fingerprint density at radius 2 is 1.80 bits per heavy atom. The number of ether oxygens (including phenoxy) is 3. The summed E-state index contributed by atoms with van der Waals surface area (Å²) in [4.78, 5) is 74.7. The van der Waals surface area contributed by atoms with Crippen molar-refractivity contribution in [3.8, 4) is 0 Å². The molecular formula is C30H41N7O8S. The summed E-state index contributed by atoms with van der Waals surface area (Å²) >= 11 is 1.06. The number of nitrogens with zero attached hydrogens (tertiary/aromatic N) is 3. The van der Waals surface area contributed by atoms with Crippen LogP contribution >= 0.6 is 11.8 Å². The van der Waals surface area contributed by atoms with Gasteiger partial charge in [0.2, 0.25) is 11.8 Å². The van der Waals surface area contributed by atoms with Crippen LogP contribution in [-0.4, -0.2) is 87.2 Å². The number of nitrogen functional groups attached to an aromatic ring is 1. The molecule has 5 atom stereocenters. The van der Waals surface area contributed by atoms with E-state index in [1.807, 2.05) is 6.07 Å². The molecule has 0 bridgehead atoms. The van der Waals surface area contributed by atoms with Crippen LogP contribution in [0.25, 0.3) is 0 Å². The normalized spacial score (nSPS) is 18.2. The molecule has 1 saturated heterocycles. The number of anilines is 1. The van der Waals surface area contributed by atoms with Crippen molar-refractivity contribution in [1.29, 1.82) is 0 Å². The second-order valence-corrected chi connectivity index (χ2v) is 12.4. The molecule has 0 radical (unpaired) electrons. The van der Waals surface area contributed by atoms with E-state index in [1.165, 1.54) is 0 Å². The van der Waals surface area contributed by atoms with Crippen LogP contribution in [0.2, 0.25) is 0 Å². The number of primary amides is 1. The molecule has 1 aromatic heterocycles.